The number of amides is 1. The van der Waals surface area contributed by atoms with Crippen LogP contribution in [-0.2, 0) is 11.2 Å². The number of carbonyl (C=O) groups is 1. The maximum atomic E-state index is 12.7. The second kappa shape index (κ2) is 11.0. The Balaban J connectivity index is 1.68. The van der Waals surface area contributed by atoms with Gasteiger partial charge in [0.15, 0.2) is 0 Å². The molecule has 0 saturated heterocycles. The van der Waals surface area contributed by atoms with Crippen molar-refractivity contribution in [3.05, 3.63) is 89.7 Å². The first-order valence-corrected chi connectivity index (χ1v) is 11.8. The second-order valence-electron chi connectivity index (χ2n) is 8.39. The first-order chi connectivity index (χ1) is 17.0. The Morgan fingerprint density at radius 2 is 1.80 bits per heavy atom. The summed E-state index contributed by atoms with van der Waals surface area (Å²) in [6, 6.07) is 20.0. The molecular formula is C30H31NO4. The molecule has 4 aromatic rings. The third-order valence-corrected chi connectivity index (χ3v) is 6.06. The molecule has 0 bridgehead atoms. The maximum Gasteiger partial charge on any atom is 0.244 e. The molecular weight excluding hydrogens is 438 g/mol. The fourth-order valence-corrected chi connectivity index (χ4v) is 4.31. The maximum absolute atomic E-state index is 12.7. The van der Waals surface area contributed by atoms with Gasteiger partial charge < -0.3 is 19.2 Å². The fraction of sp³-hybridized carbons (Fsp3) is 0.233. The summed E-state index contributed by atoms with van der Waals surface area (Å²) in [6.45, 7) is 6.95. The highest BCUT2D eigenvalue weighted by Crippen LogP contribution is 2.42. The van der Waals surface area contributed by atoms with Crippen LogP contribution in [0.25, 0.3) is 27.7 Å². The van der Waals surface area contributed by atoms with Crippen LogP contribution in [0, 0.1) is 6.92 Å². The summed E-state index contributed by atoms with van der Waals surface area (Å²) in [5.74, 6) is 1.37. The van der Waals surface area contributed by atoms with E-state index in [9.17, 15) is 4.79 Å². The van der Waals surface area contributed by atoms with E-state index in [1.165, 1.54) is 5.56 Å². The predicted octanol–water partition coefficient (Wildman–Crippen LogP) is 6.58. The zero-order chi connectivity index (χ0) is 24.8. The summed E-state index contributed by atoms with van der Waals surface area (Å²) in [5, 5.41) is 3.94. The molecule has 0 radical (unpaired) electrons. The second-order valence-corrected chi connectivity index (χ2v) is 8.39. The molecule has 180 valence electrons. The van der Waals surface area contributed by atoms with Crippen LogP contribution in [0.5, 0.6) is 11.5 Å². The van der Waals surface area contributed by atoms with Gasteiger partial charge in [-0.05, 0) is 50.5 Å². The minimum Gasteiger partial charge on any atom is -0.496 e. The molecule has 35 heavy (non-hydrogen) atoms. The van der Waals surface area contributed by atoms with Crippen LogP contribution in [0.1, 0.15) is 30.5 Å². The van der Waals surface area contributed by atoms with Crippen molar-refractivity contribution < 1.29 is 18.7 Å². The van der Waals surface area contributed by atoms with E-state index in [1.807, 2.05) is 69.3 Å². The number of benzene rings is 3. The van der Waals surface area contributed by atoms with E-state index in [2.05, 4.69) is 17.4 Å². The Morgan fingerprint density at radius 1 is 1.06 bits per heavy atom. The van der Waals surface area contributed by atoms with Crippen molar-refractivity contribution >= 4 is 22.4 Å². The van der Waals surface area contributed by atoms with Crippen molar-refractivity contribution in [3.8, 4) is 22.6 Å². The van der Waals surface area contributed by atoms with E-state index in [0.29, 0.717) is 13.2 Å². The van der Waals surface area contributed by atoms with E-state index in [0.717, 1.165) is 56.7 Å². The third-order valence-electron chi connectivity index (χ3n) is 6.06. The predicted molar refractivity (Wildman–Crippen MR) is 141 cm³/mol. The monoisotopic (exact) mass is 469 g/mol. The lowest BCUT2D eigenvalue weighted by Gasteiger charge is -2.15. The Morgan fingerprint density at radius 3 is 2.54 bits per heavy atom. The molecule has 0 aliphatic carbocycles. The number of aryl methyl sites for hydroxylation is 1. The average Bonchev–Trinajstić information content (AvgIpc) is 3.30. The van der Waals surface area contributed by atoms with Gasteiger partial charge in [0.05, 0.1) is 20.0 Å². The smallest absolute Gasteiger partial charge is 0.244 e. The molecule has 3 aromatic carbocycles. The number of ether oxygens (including phenoxy) is 2. The van der Waals surface area contributed by atoms with Gasteiger partial charge in [0.2, 0.25) is 5.91 Å². The normalized spacial score (nSPS) is 11.5. The lowest BCUT2D eigenvalue weighted by molar-refractivity contribution is -0.116. The van der Waals surface area contributed by atoms with Crippen molar-refractivity contribution in [1.82, 2.24) is 5.32 Å². The van der Waals surface area contributed by atoms with Crippen molar-refractivity contribution in [2.24, 2.45) is 0 Å². The largest absolute Gasteiger partial charge is 0.496 e. The van der Waals surface area contributed by atoms with Crippen LogP contribution in [-0.4, -0.2) is 26.2 Å². The van der Waals surface area contributed by atoms with Gasteiger partial charge in [0.25, 0.3) is 0 Å². The van der Waals surface area contributed by atoms with E-state index in [4.69, 9.17) is 13.9 Å². The number of hydrogen-bond acceptors (Lipinski definition) is 4. The van der Waals surface area contributed by atoms with Gasteiger partial charge in [-0.15, -0.1) is 0 Å². The summed E-state index contributed by atoms with van der Waals surface area (Å²) >= 11 is 0. The number of furan rings is 1. The van der Waals surface area contributed by atoms with Gasteiger partial charge in [-0.25, -0.2) is 0 Å². The van der Waals surface area contributed by atoms with Crippen molar-refractivity contribution in [3.63, 3.8) is 0 Å². The number of methoxy groups -OCH3 is 1. The number of fused-ring (bicyclic) bond motifs is 1. The van der Waals surface area contributed by atoms with Gasteiger partial charge in [-0.1, -0.05) is 48.5 Å². The van der Waals surface area contributed by atoms with Gasteiger partial charge >= 0.3 is 0 Å². The van der Waals surface area contributed by atoms with Crippen molar-refractivity contribution in [1.29, 1.82) is 0 Å². The molecule has 1 heterocycles. The summed E-state index contributed by atoms with van der Waals surface area (Å²) < 4.78 is 17.6. The van der Waals surface area contributed by atoms with E-state index < -0.39 is 0 Å². The van der Waals surface area contributed by atoms with Crippen molar-refractivity contribution in [2.45, 2.75) is 27.2 Å². The molecule has 0 saturated carbocycles. The molecule has 0 aliphatic rings. The molecule has 1 N–H and O–H groups in total. The molecule has 1 aromatic heterocycles. The molecule has 4 rings (SSSR count). The number of carbonyl (C=O) groups excluding carboxylic acids is 1. The van der Waals surface area contributed by atoms with Crippen LogP contribution in [0.2, 0.25) is 0 Å². The topological polar surface area (TPSA) is 60.7 Å². The highest BCUT2D eigenvalue weighted by Gasteiger charge is 2.20. The summed E-state index contributed by atoms with van der Waals surface area (Å²) in [5.41, 5.74) is 6.43. The highest BCUT2D eigenvalue weighted by molar-refractivity contribution is 6.02. The SMILES string of the molecule is CCOc1c(/C(C)=C/C(=O)NCCc2ccccc2)cc2c(-c3ccccc3OC)coc2c1C. The number of para-hydroxylation sites is 1. The lowest BCUT2D eigenvalue weighted by atomic mass is 9.96. The number of hydrogen-bond donors (Lipinski definition) is 1. The van der Waals surface area contributed by atoms with E-state index in [-0.39, 0.29) is 5.91 Å². The van der Waals surface area contributed by atoms with Gasteiger partial charge in [0.1, 0.15) is 17.1 Å². The zero-order valence-electron chi connectivity index (χ0n) is 20.7. The summed E-state index contributed by atoms with van der Waals surface area (Å²) in [6.07, 6.45) is 4.17. The van der Waals surface area contributed by atoms with Gasteiger partial charge in [0, 0.05) is 40.3 Å². The Bertz CT molecular complexity index is 1350. The van der Waals surface area contributed by atoms with Crippen LogP contribution in [0.3, 0.4) is 0 Å². The minimum absolute atomic E-state index is 0.129. The summed E-state index contributed by atoms with van der Waals surface area (Å²) in [7, 11) is 1.66. The van der Waals surface area contributed by atoms with Gasteiger partial charge in [-0.2, -0.15) is 0 Å². The van der Waals surface area contributed by atoms with Crippen molar-refractivity contribution in [2.75, 3.05) is 20.3 Å². The molecule has 1 amide bonds. The van der Waals surface area contributed by atoms with Crippen LogP contribution in [0.4, 0.5) is 0 Å². The molecule has 0 atom stereocenters. The summed E-state index contributed by atoms with van der Waals surface area (Å²) in [4.78, 5) is 12.7. The lowest BCUT2D eigenvalue weighted by Crippen LogP contribution is -2.23. The standard InChI is InChI=1S/C30H31NO4/c1-5-34-29-21(3)30-25(26(19-35-30)23-13-9-10-14-27(23)33-4)18-24(29)20(2)17-28(32)31-16-15-22-11-7-6-8-12-22/h6-14,17-19H,5,15-16H2,1-4H3,(H,31,32)/b20-17+. The highest BCUT2D eigenvalue weighted by atomic mass is 16.5. The van der Waals surface area contributed by atoms with Crippen LogP contribution in [0.15, 0.2) is 77.4 Å². The number of nitrogens with one attached hydrogen (secondary N) is 1. The Hall–Kier alpha value is -3.99. The average molecular weight is 470 g/mol. The van der Waals surface area contributed by atoms with Crippen LogP contribution < -0.4 is 14.8 Å². The molecule has 0 aliphatic heterocycles. The molecule has 0 spiro atoms. The van der Waals surface area contributed by atoms with E-state index in [1.54, 1.807) is 19.4 Å². The Kier molecular flexibility index (Phi) is 7.56. The van der Waals surface area contributed by atoms with E-state index >= 15 is 0 Å². The van der Waals surface area contributed by atoms with Crippen LogP contribution >= 0.6 is 0 Å². The molecule has 0 unspecified atom stereocenters. The Labute approximate surface area is 206 Å². The first-order valence-electron chi connectivity index (χ1n) is 11.8. The quantitative estimate of drug-likeness (QED) is 0.281. The third kappa shape index (κ3) is 5.24. The zero-order valence-corrected chi connectivity index (χ0v) is 20.7. The first kappa shape index (κ1) is 24.1. The minimum atomic E-state index is -0.129. The number of rotatable bonds is 9. The number of allylic oxidation sites excluding steroid dienone is 1. The molecule has 5 heteroatoms. The molecule has 0 fully saturated rings. The fourth-order valence-electron chi connectivity index (χ4n) is 4.31. The van der Waals surface area contributed by atoms with Gasteiger partial charge in [-0.3, -0.25) is 4.79 Å². The molecule has 5 nitrogen and oxygen atoms in total.